The average Bonchev–Trinajstić information content (AvgIpc) is 3.45. The van der Waals surface area contributed by atoms with Crippen LogP contribution in [0.3, 0.4) is 0 Å². The van der Waals surface area contributed by atoms with Crippen molar-refractivity contribution in [3.63, 3.8) is 0 Å². The number of pyridine rings is 1. The molecule has 0 bridgehead atoms. The lowest BCUT2D eigenvalue weighted by atomic mass is 10.1. The summed E-state index contributed by atoms with van der Waals surface area (Å²) in [7, 11) is 0. The minimum atomic E-state index is -4.47. The van der Waals surface area contributed by atoms with Gasteiger partial charge in [-0.1, -0.05) is 26.8 Å². The van der Waals surface area contributed by atoms with E-state index in [-0.39, 0.29) is 31.1 Å². The first-order valence-electron chi connectivity index (χ1n) is 10.5. The molecule has 2 amide bonds. The summed E-state index contributed by atoms with van der Waals surface area (Å²) in [5.74, 6) is -0.497. The maximum absolute atomic E-state index is 13.0. The molecule has 1 aliphatic carbocycles. The second-order valence-electron chi connectivity index (χ2n) is 8.12. The number of halogens is 3. The first-order chi connectivity index (χ1) is 15.0. The number of carbonyl (C=O) groups excluding carboxylic acids is 2. The summed E-state index contributed by atoms with van der Waals surface area (Å²) in [6.45, 7) is 5.08. The number of carbonyl (C=O) groups is 2. The number of aliphatic imine (C=N–C) groups is 1. The molecule has 0 aliphatic heterocycles. The fraction of sp³-hybridized carbons (Fsp3) is 0.545. The van der Waals surface area contributed by atoms with Gasteiger partial charge in [0.2, 0.25) is 5.91 Å². The van der Waals surface area contributed by atoms with Crippen LogP contribution in [0.25, 0.3) is 0 Å². The number of hydrogen-bond acceptors (Lipinski definition) is 5. The van der Waals surface area contributed by atoms with Crippen molar-refractivity contribution in [3.8, 4) is 0 Å². The van der Waals surface area contributed by atoms with Crippen LogP contribution in [-0.2, 0) is 9.53 Å². The van der Waals surface area contributed by atoms with Crippen LogP contribution in [0.5, 0.6) is 0 Å². The molecule has 0 atom stereocenters. The van der Waals surface area contributed by atoms with Gasteiger partial charge in [0.05, 0.1) is 17.7 Å². The lowest BCUT2D eigenvalue weighted by Gasteiger charge is -2.17. The number of anilines is 1. The van der Waals surface area contributed by atoms with Crippen molar-refractivity contribution in [2.45, 2.75) is 58.2 Å². The highest BCUT2D eigenvalue weighted by Gasteiger charge is 2.44. The molecule has 2 rings (SSSR count). The van der Waals surface area contributed by atoms with Crippen LogP contribution < -0.4 is 10.6 Å². The minimum absolute atomic E-state index is 0.135. The Labute approximate surface area is 185 Å². The van der Waals surface area contributed by atoms with Gasteiger partial charge in [-0.05, 0) is 37.3 Å². The van der Waals surface area contributed by atoms with E-state index >= 15 is 0 Å². The zero-order valence-electron chi connectivity index (χ0n) is 18.5. The molecule has 0 aromatic carbocycles. The second-order valence-corrected chi connectivity index (χ2v) is 8.12. The molecule has 0 spiro atoms. The minimum Gasteiger partial charge on any atom is -0.357 e. The number of ether oxygens (including phenoxy) is 1. The van der Waals surface area contributed by atoms with Crippen molar-refractivity contribution in [3.05, 3.63) is 35.5 Å². The van der Waals surface area contributed by atoms with E-state index in [1.807, 2.05) is 6.92 Å². The van der Waals surface area contributed by atoms with Crippen molar-refractivity contribution in [1.82, 2.24) is 10.3 Å². The number of amides is 2. The highest BCUT2D eigenvalue weighted by atomic mass is 19.4. The Bertz CT molecular complexity index is 862. The van der Waals surface area contributed by atoms with Gasteiger partial charge in [0.1, 0.15) is 12.5 Å². The number of nitrogens with zero attached hydrogens (tertiary/aromatic N) is 2. The van der Waals surface area contributed by atoms with E-state index in [1.54, 1.807) is 13.8 Å². The summed E-state index contributed by atoms with van der Waals surface area (Å²) in [5.41, 5.74) is -1.04. The second kappa shape index (κ2) is 11.2. The first-order valence-corrected chi connectivity index (χ1v) is 10.5. The number of hydrogen-bond donors (Lipinski definition) is 2. The molecular weight excluding hydrogens is 425 g/mol. The predicted octanol–water partition coefficient (Wildman–Crippen LogP) is 4.27. The number of nitrogens with one attached hydrogen (secondary N) is 2. The molecule has 0 unspecified atom stereocenters. The standard InChI is InChI=1S/C22H29F3N4O3/c1-4-5-19(30)28-18-11-16(6-9-27-18)20(31)29-21(7-8-21)13-32-14-26-12-17(10-15(2)3)22(23,24)25/h6,9-12,15H,4-5,7-8,13-14H2,1-3H3,(H,29,31)(H,27,28,30)/b17-10+,26-12-. The van der Waals surface area contributed by atoms with Gasteiger partial charge < -0.3 is 15.4 Å². The Balaban J connectivity index is 1.87. The lowest BCUT2D eigenvalue weighted by molar-refractivity contribution is -0.116. The van der Waals surface area contributed by atoms with Crippen LogP contribution >= 0.6 is 0 Å². The van der Waals surface area contributed by atoms with Crippen molar-refractivity contribution < 1.29 is 27.5 Å². The topological polar surface area (TPSA) is 92.7 Å². The maximum Gasteiger partial charge on any atom is 0.417 e. The Morgan fingerprint density at radius 3 is 2.66 bits per heavy atom. The molecule has 10 heteroatoms. The van der Waals surface area contributed by atoms with Crippen molar-refractivity contribution in [1.29, 1.82) is 0 Å². The molecule has 1 saturated carbocycles. The van der Waals surface area contributed by atoms with Crippen molar-refractivity contribution in [2.75, 3.05) is 18.7 Å². The summed E-state index contributed by atoms with van der Waals surface area (Å²) in [6, 6.07) is 3.02. The molecule has 0 saturated heterocycles. The van der Waals surface area contributed by atoms with Crippen LogP contribution in [0.1, 0.15) is 56.8 Å². The van der Waals surface area contributed by atoms with Gasteiger partial charge in [-0.3, -0.25) is 14.6 Å². The van der Waals surface area contributed by atoms with Gasteiger partial charge in [0, 0.05) is 24.4 Å². The van der Waals surface area contributed by atoms with Crippen molar-refractivity contribution in [2.24, 2.45) is 10.9 Å². The van der Waals surface area contributed by atoms with E-state index in [9.17, 15) is 22.8 Å². The Morgan fingerprint density at radius 1 is 1.34 bits per heavy atom. The van der Waals surface area contributed by atoms with Gasteiger partial charge >= 0.3 is 6.18 Å². The van der Waals surface area contributed by atoms with Crippen LogP contribution in [0.4, 0.5) is 19.0 Å². The van der Waals surface area contributed by atoms with Crippen LogP contribution in [0.15, 0.2) is 35.0 Å². The normalized spacial score (nSPS) is 15.8. The fourth-order valence-corrected chi connectivity index (χ4v) is 2.84. The van der Waals surface area contributed by atoms with E-state index < -0.39 is 17.3 Å². The summed E-state index contributed by atoms with van der Waals surface area (Å²) in [5, 5.41) is 5.53. The summed E-state index contributed by atoms with van der Waals surface area (Å²) in [4.78, 5) is 32.0. The molecule has 32 heavy (non-hydrogen) atoms. The molecule has 1 fully saturated rings. The Hall–Kier alpha value is -2.75. The zero-order valence-corrected chi connectivity index (χ0v) is 18.5. The lowest BCUT2D eigenvalue weighted by Crippen LogP contribution is -2.40. The highest BCUT2D eigenvalue weighted by molar-refractivity contribution is 5.97. The maximum atomic E-state index is 13.0. The third-order valence-electron chi connectivity index (χ3n) is 4.61. The molecule has 176 valence electrons. The van der Waals surface area contributed by atoms with E-state index in [0.29, 0.717) is 37.1 Å². The molecule has 1 heterocycles. The summed E-state index contributed by atoms with van der Waals surface area (Å²) < 4.78 is 44.3. The molecule has 0 radical (unpaired) electrons. The largest absolute Gasteiger partial charge is 0.417 e. The molecule has 1 aromatic rings. The van der Waals surface area contributed by atoms with Gasteiger partial charge in [0.15, 0.2) is 0 Å². The highest BCUT2D eigenvalue weighted by Crippen LogP contribution is 2.36. The summed E-state index contributed by atoms with van der Waals surface area (Å²) >= 11 is 0. The average molecular weight is 454 g/mol. The molecule has 1 aromatic heterocycles. The number of alkyl halides is 3. The van der Waals surface area contributed by atoms with E-state index in [4.69, 9.17) is 4.74 Å². The number of allylic oxidation sites excluding steroid dienone is 2. The third kappa shape index (κ3) is 8.41. The van der Waals surface area contributed by atoms with Crippen LogP contribution in [-0.4, -0.2) is 48.1 Å². The van der Waals surface area contributed by atoms with E-state index in [0.717, 1.165) is 12.3 Å². The van der Waals surface area contributed by atoms with Crippen molar-refractivity contribution >= 4 is 23.8 Å². The fourth-order valence-electron chi connectivity index (χ4n) is 2.84. The number of aromatic nitrogens is 1. The Kier molecular flexibility index (Phi) is 8.94. The van der Waals surface area contributed by atoms with Gasteiger partial charge in [-0.15, -0.1) is 0 Å². The molecule has 1 aliphatic rings. The van der Waals surface area contributed by atoms with Gasteiger partial charge in [-0.25, -0.2) is 4.98 Å². The molecular formula is C22H29F3N4O3. The van der Waals surface area contributed by atoms with E-state index in [2.05, 4.69) is 20.6 Å². The van der Waals surface area contributed by atoms with Crippen LogP contribution in [0, 0.1) is 5.92 Å². The third-order valence-corrected chi connectivity index (χ3v) is 4.61. The predicted molar refractivity (Wildman–Crippen MR) is 115 cm³/mol. The molecule has 7 nitrogen and oxygen atoms in total. The van der Waals surface area contributed by atoms with Gasteiger partial charge in [0.25, 0.3) is 5.91 Å². The zero-order chi connectivity index (χ0) is 23.8. The van der Waals surface area contributed by atoms with Gasteiger partial charge in [-0.2, -0.15) is 13.2 Å². The Morgan fingerprint density at radius 2 is 2.06 bits per heavy atom. The number of rotatable bonds is 11. The quantitative estimate of drug-likeness (QED) is 0.386. The summed E-state index contributed by atoms with van der Waals surface area (Å²) in [6.07, 6.45) is 1.26. The first kappa shape index (κ1) is 25.5. The smallest absolute Gasteiger partial charge is 0.357 e. The monoisotopic (exact) mass is 454 g/mol. The van der Waals surface area contributed by atoms with Crippen LogP contribution in [0.2, 0.25) is 0 Å². The van der Waals surface area contributed by atoms with E-state index in [1.165, 1.54) is 18.3 Å². The molecule has 2 N–H and O–H groups in total. The SMILES string of the molecule is CCCC(=O)Nc1cc(C(=O)NC2(COC/N=C\C(=C/C(C)C)C(F)(F)F)CC2)ccn1.